The van der Waals surface area contributed by atoms with E-state index in [1.165, 1.54) is 0 Å². The van der Waals surface area contributed by atoms with Crippen LogP contribution in [0.4, 0.5) is 0 Å². The summed E-state index contributed by atoms with van der Waals surface area (Å²) in [7, 11) is 0. The molecule has 0 unspecified atom stereocenters. The lowest BCUT2D eigenvalue weighted by atomic mass is 10.1. The van der Waals surface area contributed by atoms with Crippen LogP contribution in [-0.4, -0.2) is 30.5 Å². The number of rotatable bonds is 4. The normalized spacial score (nSPS) is 16.5. The second-order valence-electron chi connectivity index (χ2n) is 5.19. The van der Waals surface area contributed by atoms with E-state index >= 15 is 0 Å². The van der Waals surface area contributed by atoms with Gasteiger partial charge in [-0.15, -0.1) is 0 Å². The van der Waals surface area contributed by atoms with Crippen molar-refractivity contribution < 1.29 is 9.53 Å². The maximum absolute atomic E-state index is 11.9. The molecule has 0 bridgehead atoms. The summed E-state index contributed by atoms with van der Waals surface area (Å²) >= 11 is 0. The molecular formula is C15H22N2O2. The monoisotopic (exact) mass is 262 g/mol. The van der Waals surface area contributed by atoms with Gasteiger partial charge in [-0.2, -0.15) is 0 Å². The molecule has 0 aliphatic carbocycles. The third kappa shape index (κ3) is 3.47. The summed E-state index contributed by atoms with van der Waals surface area (Å²) in [6.45, 7) is 5.78. The molecule has 1 aromatic carbocycles. The zero-order chi connectivity index (χ0) is 13.8. The van der Waals surface area contributed by atoms with Crippen molar-refractivity contribution in [3.05, 3.63) is 29.3 Å². The molecule has 19 heavy (non-hydrogen) atoms. The highest BCUT2D eigenvalue weighted by atomic mass is 16.5. The van der Waals surface area contributed by atoms with E-state index in [0.29, 0.717) is 0 Å². The molecule has 0 radical (unpaired) electrons. The van der Waals surface area contributed by atoms with E-state index in [9.17, 15) is 4.79 Å². The van der Waals surface area contributed by atoms with Crippen molar-refractivity contribution in [3.8, 4) is 5.75 Å². The summed E-state index contributed by atoms with van der Waals surface area (Å²) in [6, 6.07) is 5.87. The summed E-state index contributed by atoms with van der Waals surface area (Å²) in [5.41, 5.74) is 7.93. The van der Waals surface area contributed by atoms with E-state index in [-0.39, 0.29) is 18.6 Å². The standard InChI is InChI=1S/C15H22N2O2/c1-11-9-13(12(2)16)5-6-14(11)19-10-15(18)17-7-3-4-8-17/h5-6,9,12H,3-4,7-8,10,16H2,1-2H3/t12-/m0/s1. The van der Waals surface area contributed by atoms with Crippen molar-refractivity contribution in [3.63, 3.8) is 0 Å². The number of ether oxygens (including phenoxy) is 1. The van der Waals surface area contributed by atoms with Gasteiger partial charge in [0.1, 0.15) is 5.75 Å². The molecule has 1 atom stereocenters. The van der Waals surface area contributed by atoms with Crippen LogP contribution < -0.4 is 10.5 Å². The Morgan fingerprint density at radius 3 is 2.68 bits per heavy atom. The van der Waals surface area contributed by atoms with Crippen LogP contribution in [0.3, 0.4) is 0 Å². The fraction of sp³-hybridized carbons (Fsp3) is 0.533. The number of hydrogen-bond donors (Lipinski definition) is 1. The molecule has 1 heterocycles. The van der Waals surface area contributed by atoms with Gasteiger partial charge in [-0.25, -0.2) is 0 Å². The molecule has 1 aliphatic heterocycles. The van der Waals surface area contributed by atoms with E-state index in [1.54, 1.807) is 0 Å². The van der Waals surface area contributed by atoms with Crippen LogP contribution in [-0.2, 0) is 4.79 Å². The van der Waals surface area contributed by atoms with Gasteiger partial charge in [-0.1, -0.05) is 12.1 Å². The van der Waals surface area contributed by atoms with Gasteiger partial charge in [0, 0.05) is 19.1 Å². The van der Waals surface area contributed by atoms with E-state index in [1.807, 2.05) is 36.9 Å². The lowest BCUT2D eigenvalue weighted by Gasteiger charge is -2.17. The van der Waals surface area contributed by atoms with Crippen molar-refractivity contribution in [1.82, 2.24) is 4.90 Å². The average molecular weight is 262 g/mol. The summed E-state index contributed by atoms with van der Waals surface area (Å²) in [5.74, 6) is 0.838. The second-order valence-corrected chi connectivity index (χ2v) is 5.19. The smallest absolute Gasteiger partial charge is 0.260 e. The molecule has 1 saturated heterocycles. The number of nitrogens with two attached hydrogens (primary N) is 1. The number of likely N-dealkylation sites (tertiary alicyclic amines) is 1. The van der Waals surface area contributed by atoms with Crippen LogP contribution in [0.25, 0.3) is 0 Å². The molecule has 1 aromatic rings. The van der Waals surface area contributed by atoms with Crippen LogP contribution in [0.15, 0.2) is 18.2 Å². The van der Waals surface area contributed by atoms with Crippen molar-refractivity contribution in [1.29, 1.82) is 0 Å². The zero-order valence-electron chi connectivity index (χ0n) is 11.7. The Kier molecular flexibility index (Phi) is 4.43. The van der Waals surface area contributed by atoms with Gasteiger partial charge in [0.05, 0.1) is 0 Å². The van der Waals surface area contributed by atoms with Crippen LogP contribution in [0.1, 0.15) is 36.9 Å². The number of carbonyl (C=O) groups excluding carboxylic acids is 1. The van der Waals surface area contributed by atoms with Gasteiger partial charge in [-0.3, -0.25) is 4.79 Å². The molecule has 2 N–H and O–H groups in total. The third-order valence-electron chi connectivity index (χ3n) is 3.53. The molecule has 104 valence electrons. The van der Waals surface area contributed by atoms with Gasteiger partial charge in [0.2, 0.25) is 0 Å². The molecule has 1 amide bonds. The minimum Gasteiger partial charge on any atom is -0.484 e. The Balaban J connectivity index is 1.94. The Morgan fingerprint density at radius 1 is 1.42 bits per heavy atom. The second kappa shape index (κ2) is 6.06. The maximum atomic E-state index is 11.9. The SMILES string of the molecule is Cc1cc([C@H](C)N)ccc1OCC(=O)N1CCCC1. The molecule has 4 heteroatoms. The minimum absolute atomic E-state index is 0.0129. The quantitative estimate of drug-likeness (QED) is 0.903. The number of carbonyl (C=O) groups is 1. The Labute approximate surface area is 114 Å². The van der Waals surface area contributed by atoms with Gasteiger partial charge in [-0.05, 0) is 43.9 Å². The Morgan fingerprint density at radius 2 is 2.11 bits per heavy atom. The van der Waals surface area contributed by atoms with Crippen molar-refractivity contribution in [2.24, 2.45) is 5.73 Å². The first-order valence-electron chi connectivity index (χ1n) is 6.84. The fourth-order valence-electron chi connectivity index (χ4n) is 2.32. The first-order chi connectivity index (χ1) is 9.08. The van der Waals surface area contributed by atoms with Crippen molar-refractivity contribution in [2.45, 2.75) is 32.7 Å². The lowest BCUT2D eigenvalue weighted by Crippen LogP contribution is -2.32. The Bertz CT molecular complexity index is 451. The molecule has 1 aliphatic rings. The van der Waals surface area contributed by atoms with Crippen molar-refractivity contribution in [2.75, 3.05) is 19.7 Å². The summed E-state index contributed by atoms with van der Waals surface area (Å²) in [5, 5.41) is 0. The number of nitrogens with zero attached hydrogens (tertiary/aromatic N) is 1. The van der Waals surface area contributed by atoms with Crippen LogP contribution in [0.5, 0.6) is 5.75 Å². The summed E-state index contributed by atoms with van der Waals surface area (Å²) in [6.07, 6.45) is 2.21. The Hall–Kier alpha value is -1.55. The molecule has 4 nitrogen and oxygen atoms in total. The van der Waals surface area contributed by atoms with E-state index in [4.69, 9.17) is 10.5 Å². The van der Waals surface area contributed by atoms with Crippen molar-refractivity contribution >= 4 is 5.91 Å². The fourth-order valence-corrected chi connectivity index (χ4v) is 2.32. The third-order valence-corrected chi connectivity index (χ3v) is 3.53. The van der Waals surface area contributed by atoms with E-state index in [2.05, 4.69) is 0 Å². The van der Waals surface area contributed by atoms with Gasteiger partial charge < -0.3 is 15.4 Å². The number of benzene rings is 1. The maximum Gasteiger partial charge on any atom is 0.260 e. The lowest BCUT2D eigenvalue weighted by molar-refractivity contribution is -0.132. The predicted molar refractivity (Wildman–Crippen MR) is 75.1 cm³/mol. The van der Waals surface area contributed by atoms with Crippen LogP contribution in [0, 0.1) is 6.92 Å². The largest absolute Gasteiger partial charge is 0.484 e. The van der Waals surface area contributed by atoms with Gasteiger partial charge in [0.15, 0.2) is 6.61 Å². The highest BCUT2D eigenvalue weighted by Gasteiger charge is 2.18. The summed E-state index contributed by atoms with van der Waals surface area (Å²) in [4.78, 5) is 13.8. The molecule has 0 aromatic heterocycles. The number of amides is 1. The summed E-state index contributed by atoms with van der Waals surface area (Å²) < 4.78 is 5.61. The number of hydrogen-bond acceptors (Lipinski definition) is 3. The van der Waals surface area contributed by atoms with Crippen LogP contribution >= 0.6 is 0 Å². The molecule has 1 fully saturated rings. The van der Waals surface area contributed by atoms with E-state index in [0.717, 1.165) is 42.8 Å². The average Bonchev–Trinajstić information content (AvgIpc) is 2.90. The van der Waals surface area contributed by atoms with Crippen LogP contribution in [0.2, 0.25) is 0 Å². The van der Waals surface area contributed by atoms with Gasteiger partial charge >= 0.3 is 0 Å². The first kappa shape index (κ1) is 13.9. The van der Waals surface area contributed by atoms with Gasteiger partial charge in [0.25, 0.3) is 5.91 Å². The highest BCUT2D eigenvalue weighted by molar-refractivity contribution is 5.78. The molecular weight excluding hydrogens is 240 g/mol. The molecule has 0 spiro atoms. The highest BCUT2D eigenvalue weighted by Crippen LogP contribution is 2.22. The molecule has 2 rings (SSSR count). The number of aryl methyl sites for hydroxylation is 1. The first-order valence-corrected chi connectivity index (χ1v) is 6.84. The molecule has 0 saturated carbocycles. The zero-order valence-corrected chi connectivity index (χ0v) is 11.7. The minimum atomic E-state index is 0.0129. The predicted octanol–water partition coefficient (Wildman–Crippen LogP) is 2.02. The topological polar surface area (TPSA) is 55.6 Å². The van der Waals surface area contributed by atoms with E-state index < -0.39 is 0 Å².